The number of nitrogens with one attached hydrogen (secondary N) is 1. The van der Waals surface area contributed by atoms with Gasteiger partial charge in [-0.15, -0.1) is 0 Å². The maximum atomic E-state index is 13.5. The van der Waals surface area contributed by atoms with Gasteiger partial charge in [0.2, 0.25) is 0 Å². The minimum Gasteiger partial charge on any atom is -0.452 e. The zero-order valence-corrected chi connectivity index (χ0v) is 13.9. The molecule has 0 spiro atoms. The zero-order chi connectivity index (χ0) is 19.1. The van der Waals surface area contributed by atoms with Gasteiger partial charge in [-0.25, -0.2) is 9.18 Å². The predicted molar refractivity (Wildman–Crippen MR) is 93.1 cm³/mol. The van der Waals surface area contributed by atoms with Crippen molar-refractivity contribution in [1.29, 1.82) is 0 Å². The van der Waals surface area contributed by atoms with Gasteiger partial charge in [-0.2, -0.15) is 0 Å². The molecule has 7 nitrogen and oxygen atoms in total. The quantitative estimate of drug-likeness (QED) is 0.358. The number of ether oxygens (including phenoxy) is 1. The van der Waals surface area contributed by atoms with E-state index in [0.29, 0.717) is 5.56 Å². The molecule has 134 valence electrons. The van der Waals surface area contributed by atoms with Crippen LogP contribution in [0.5, 0.6) is 0 Å². The van der Waals surface area contributed by atoms with Crippen molar-refractivity contribution in [3.63, 3.8) is 0 Å². The van der Waals surface area contributed by atoms with E-state index in [2.05, 4.69) is 5.32 Å². The number of hydrogen-bond acceptors (Lipinski definition) is 5. The van der Waals surface area contributed by atoms with E-state index in [1.54, 1.807) is 0 Å². The fraction of sp³-hybridized carbons (Fsp3) is 0.0588. The highest BCUT2D eigenvalue weighted by atomic mass is 35.5. The molecule has 0 bridgehead atoms. The van der Waals surface area contributed by atoms with Gasteiger partial charge in [-0.1, -0.05) is 11.6 Å². The number of benzene rings is 2. The normalized spacial score (nSPS) is 10.5. The molecule has 0 saturated carbocycles. The monoisotopic (exact) mass is 378 g/mol. The lowest BCUT2D eigenvalue weighted by atomic mass is 10.2. The molecule has 2 rings (SSSR count). The third kappa shape index (κ3) is 5.67. The van der Waals surface area contributed by atoms with Gasteiger partial charge in [-0.05, 0) is 42.0 Å². The van der Waals surface area contributed by atoms with Crippen LogP contribution in [0, 0.1) is 15.9 Å². The van der Waals surface area contributed by atoms with E-state index in [0.717, 1.165) is 12.1 Å². The Labute approximate surface area is 152 Å². The lowest BCUT2D eigenvalue weighted by Gasteiger charge is -2.06. The summed E-state index contributed by atoms with van der Waals surface area (Å²) < 4.78 is 18.2. The number of hydrogen-bond donors (Lipinski definition) is 1. The molecular weight excluding hydrogens is 367 g/mol. The summed E-state index contributed by atoms with van der Waals surface area (Å²) in [6.07, 6.45) is 2.44. The van der Waals surface area contributed by atoms with Gasteiger partial charge in [-0.3, -0.25) is 14.9 Å². The molecule has 26 heavy (non-hydrogen) atoms. The number of nitro groups is 1. The van der Waals surface area contributed by atoms with Gasteiger partial charge >= 0.3 is 5.97 Å². The van der Waals surface area contributed by atoms with Crippen LogP contribution in [0.25, 0.3) is 6.08 Å². The summed E-state index contributed by atoms with van der Waals surface area (Å²) in [5, 5.41) is 13.0. The Bertz CT molecular complexity index is 868. The molecule has 0 aliphatic rings. The second-order valence-corrected chi connectivity index (χ2v) is 5.40. The molecule has 0 aliphatic carbocycles. The molecule has 0 aliphatic heterocycles. The van der Waals surface area contributed by atoms with E-state index >= 15 is 0 Å². The molecule has 2 aromatic rings. The van der Waals surface area contributed by atoms with Gasteiger partial charge in [0.05, 0.1) is 10.6 Å². The number of amides is 1. The fourth-order valence-electron chi connectivity index (χ4n) is 1.84. The van der Waals surface area contributed by atoms with Gasteiger partial charge < -0.3 is 10.1 Å². The van der Waals surface area contributed by atoms with Crippen LogP contribution in [0.3, 0.4) is 0 Å². The highest BCUT2D eigenvalue weighted by Crippen LogP contribution is 2.19. The Hall–Kier alpha value is -3.26. The zero-order valence-electron chi connectivity index (χ0n) is 13.1. The lowest BCUT2D eigenvalue weighted by Crippen LogP contribution is -2.20. The number of nitro benzene ring substituents is 1. The molecule has 1 amide bonds. The molecular formula is C17H12ClFN2O5. The topological polar surface area (TPSA) is 98.5 Å². The first-order chi connectivity index (χ1) is 12.3. The molecule has 0 fully saturated rings. The van der Waals surface area contributed by atoms with Crippen molar-refractivity contribution in [2.45, 2.75) is 0 Å². The number of nitrogens with zero attached hydrogens (tertiary/aromatic N) is 1. The highest BCUT2D eigenvalue weighted by molar-refractivity contribution is 6.30. The number of esters is 1. The van der Waals surface area contributed by atoms with E-state index in [1.807, 2.05) is 0 Å². The van der Waals surface area contributed by atoms with E-state index in [1.165, 1.54) is 42.5 Å². The van der Waals surface area contributed by atoms with Crippen LogP contribution in [-0.2, 0) is 14.3 Å². The molecule has 0 heterocycles. The van der Waals surface area contributed by atoms with Gasteiger partial charge in [0.1, 0.15) is 5.82 Å². The number of rotatable bonds is 6. The average molecular weight is 379 g/mol. The van der Waals surface area contributed by atoms with Crippen molar-refractivity contribution in [2.75, 3.05) is 11.9 Å². The maximum absolute atomic E-state index is 13.5. The molecule has 1 N–H and O–H groups in total. The summed E-state index contributed by atoms with van der Waals surface area (Å²) in [5.74, 6) is -2.21. The minimum atomic E-state index is -0.801. The summed E-state index contributed by atoms with van der Waals surface area (Å²) in [4.78, 5) is 33.3. The molecule has 0 saturated heterocycles. The van der Waals surface area contributed by atoms with Crippen LogP contribution in [0.4, 0.5) is 15.8 Å². The predicted octanol–water partition coefficient (Wildman–Crippen LogP) is 3.58. The summed E-state index contributed by atoms with van der Waals surface area (Å²) in [5.41, 5.74) is 0.340. The Balaban J connectivity index is 1.84. The Kier molecular flexibility index (Phi) is 6.40. The number of carbonyl (C=O) groups is 2. The highest BCUT2D eigenvalue weighted by Gasteiger charge is 2.09. The van der Waals surface area contributed by atoms with Crippen LogP contribution >= 0.6 is 11.6 Å². The lowest BCUT2D eigenvalue weighted by molar-refractivity contribution is -0.384. The number of carbonyl (C=O) groups excluding carboxylic acids is 2. The molecule has 0 atom stereocenters. The van der Waals surface area contributed by atoms with Crippen molar-refractivity contribution in [3.05, 3.63) is 75.1 Å². The Morgan fingerprint density at radius 2 is 1.92 bits per heavy atom. The van der Waals surface area contributed by atoms with Gasteiger partial charge in [0.25, 0.3) is 11.6 Å². The van der Waals surface area contributed by atoms with Gasteiger partial charge in [0, 0.05) is 23.2 Å². The van der Waals surface area contributed by atoms with Crippen molar-refractivity contribution < 1.29 is 23.6 Å². The van der Waals surface area contributed by atoms with Crippen LogP contribution in [-0.4, -0.2) is 23.4 Å². The summed E-state index contributed by atoms with van der Waals surface area (Å²) >= 11 is 5.70. The fourth-order valence-corrected chi connectivity index (χ4v) is 2.01. The second-order valence-electron chi connectivity index (χ2n) is 4.96. The SMILES string of the molecule is O=C(COC(=O)/C=C/c1ccc([N+](=O)[O-])cc1)Nc1cc(Cl)ccc1F. The maximum Gasteiger partial charge on any atom is 0.331 e. The van der Waals surface area contributed by atoms with Crippen molar-refractivity contribution in [2.24, 2.45) is 0 Å². The third-order valence-electron chi connectivity index (χ3n) is 3.06. The number of non-ortho nitro benzene ring substituents is 1. The third-order valence-corrected chi connectivity index (χ3v) is 3.30. The Morgan fingerprint density at radius 3 is 2.58 bits per heavy atom. The summed E-state index contributed by atoms with van der Waals surface area (Å²) in [7, 11) is 0. The molecule has 2 aromatic carbocycles. The van der Waals surface area contributed by atoms with Crippen LogP contribution in [0.2, 0.25) is 5.02 Å². The molecule has 0 unspecified atom stereocenters. The van der Waals surface area contributed by atoms with E-state index < -0.39 is 29.2 Å². The van der Waals surface area contributed by atoms with E-state index in [-0.39, 0.29) is 16.4 Å². The minimum absolute atomic E-state index is 0.0744. The van der Waals surface area contributed by atoms with Crippen molar-refractivity contribution in [3.8, 4) is 0 Å². The molecule has 0 aromatic heterocycles. The van der Waals surface area contributed by atoms with Gasteiger partial charge in [0.15, 0.2) is 6.61 Å². The van der Waals surface area contributed by atoms with Crippen molar-refractivity contribution >= 4 is 40.9 Å². The van der Waals surface area contributed by atoms with Crippen LogP contribution in [0.15, 0.2) is 48.5 Å². The van der Waals surface area contributed by atoms with Crippen LogP contribution in [0.1, 0.15) is 5.56 Å². The van der Waals surface area contributed by atoms with E-state index in [4.69, 9.17) is 16.3 Å². The first-order valence-electron chi connectivity index (χ1n) is 7.19. The first-order valence-corrected chi connectivity index (χ1v) is 7.57. The molecule has 9 heteroatoms. The average Bonchev–Trinajstić information content (AvgIpc) is 2.61. The Morgan fingerprint density at radius 1 is 1.23 bits per heavy atom. The number of halogens is 2. The summed E-state index contributed by atoms with van der Waals surface area (Å²) in [6, 6.07) is 9.14. The first kappa shape index (κ1) is 19.1. The van der Waals surface area contributed by atoms with E-state index in [9.17, 15) is 24.1 Å². The number of anilines is 1. The second kappa shape index (κ2) is 8.72. The van der Waals surface area contributed by atoms with Crippen LogP contribution < -0.4 is 5.32 Å². The smallest absolute Gasteiger partial charge is 0.331 e. The summed E-state index contributed by atoms with van der Waals surface area (Å²) in [6.45, 7) is -0.616. The van der Waals surface area contributed by atoms with Crippen molar-refractivity contribution in [1.82, 2.24) is 0 Å². The largest absolute Gasteiger partial charge is 0.452 e. The standard InChI is InChI=1S/C17H12ClFN2O5/c18-12-4-7-14(19)15(9-12)20-16(22)10-26-17(23)8-3-11-1-5-13(6-2-11)21(24)25/h1-9H,10H2,(H,20,22)/b8-3+. The molecule has 0 radical (unpaired) electrons.